The van der Waals surface area contributed by atoms with E-state index in [0.717, 1.165) is 39.1 Å². The van der Waals surface area contributed by atoms with Crippen LogP contribution in [0.25, 0.3) is 22.3 Å². The molecule has 3 aromatic carbocycles. The van der Waals surface area contributed by atoms with E-state index in [-0.39, 0.29) is 0 Å². The van der Waals surface area contributed by atoms with Crippen LogP contribution < -0.4 is 5.32 Å². The zero-order valence-corrected chi connectivity index (χ0v) is 21.3. The third-order valence-electron chi connectivity index (χ3n) is 7.06. The maximum Gasteiger partial charge on any atom is 0.412 e. The van der Waals surface area contributed by atoms with Crippen molar-refractivity contribution in [3.8, 4) is 22.3 Å². The highest BCUT2D eigenvalue weighted by molar-refractivity contribution is 6.31. The van der Waals surface area contributed by atoms with Crippen molar-refractivity contribution in [2.75, 3.05) is 5.32 Å². The van der Waals surface area contributed by atoms with Gasteiger partial charge in [0.2, 0.25) is 0 Å². The van der Waals surface area contributed by atoms with Crippen LogP contribution in [0.5, 0.6) is 0 Å². The lowest BCUT2D eigenvalue weighted by molar-refractivity contribution is -0.140. The van der Waals surface area contributed by atoms with E-state index in [0.29, 0.717) is 23.6 Å². The van der Waals surface area contributed by atoms with Crippen molar-refractivity contribution in [3.05, 3.63) is 101 Å². The second kappa shape index (κ2) is 9.79. The predicted molar refractivity (Wildman–Crippen MR) is 145 cm³/mol. The smallest absolute Gasteiger partial charge is 0.412 e. The molecule has 1 fully saturated rings. The number of carbonyl (C=O) groups is 2. The van der Waals surface area contributed by atoms with Crippen LogP contribution in [0.15, 0.2) is 79.0 Å². The largest absolute Gasteiger partial charge is 0.481 e. The van der Waals surface area contributed by atoms with Crippen LogP contribution >= 0.6 is 11.6 Å². The number of carboxylic acids is 1. The number of carbonyl (C=O) groups excluding carboxylic acids is 1. The second-order valence-electron chi connectivity index (χ2n) is 9.44. The van der Waals surface area contributed by atoms with Gasteiger partial charge in [-0.05, 0) is 55.0 Å². The van der Waals surface area contributed by atoms with Crippen LogP contribution in [0.3, 0.4) is 0 Å². The molecule has 3 N–H and O–H groups in total. The summed E-state index contributed by atoms with van der Waals surface area (Å²) in [6, 6.07) is 23.1. The summed E-state index contributed by atoms with van der Waals surface area (Å²) in [4.78, 5) is 27.5. The Morgan fingerprint density at radius 1 is 0.973 bits per heavy atom. The maximum absolute atomic E-state index is 12.7. The molecule has 7 heteroatoms. The number of anilines is 1. The Labute approximate surface area is 220 Å². The molecule has 0 radical (unpaired) electrons. The minimum Gasteiger partial charge on any atom is -0.481 e. The Balaban J connectivity index is 1.30. The number of ether oxygens (including phenoxy) is 1. The van der Waals surface area contributed by atoms with E-state index in [1.165, 1.54) is 0 Å². The fraction of sp³-hybridized carbons (Fsp3) is 0.200. The van der Waals surface area contributed by atoms with Gasteiger partial charge in [-0.25, -0.2) is 4.79 Å². The molecule has 6 nitrogen and oxygen atoms in total. The number of hydrogen-bond donors (Lipinski definition) is 3. The van der Waals surface area contributed by atoms with Crippen molar-refractivity contribution in [1.29, 1.82) is 0 Å². The summed E-state index contributed by atoms with van der Waals surface area (Å²) >= 11 is 6.24. The molecule has 0 aliphatic heterocycles. The Hall–Kier alpha value is -4.03. The van der Waals surface area contributed by atoms with Gasteiger partial charge in [0.05, 0.1) is 11.1 Å². The van der Waals surface area contributed by atoms with Crippen molar-refractivity contribution in [2.45, 2.75) is 38.2 Å². The summed E-state index contributed by atoms with van der Waals surface area (Å²) in [5.41, 5.74) is 6.16. The first-order valence-corrected chi connectivity index (χ1v) is 12.5. The number of nitrogens with one attached hydrogen (secondary N) is 2. The quantitative estimate of drug-likeness (QED) is 0.235. The number of aromatic amines is 1. The first-order valence-electron chi connectivity index (χ1n) is 12.1. The molecule has 1 aromatic heterocycles. The van der Waals surface area contributed by atoms with Crippen LogP contribution in [-0.2, 0) is 14.9 Å². The number of rotatable bonds is 7. The van der Waals surface area contributed by atoms with Crippen molar-refractivity contribution in [1.82, 2.24) is 4.98 Å². The standard InChI is InChI=1S/C30H27ClN2O4/c1-18-27(33-29(36)37-19(2)24-5-3-4-6-26(24)31)25(17-32-18)22-9-7-20(8-10-22)21-11-13-23(14-12-21)30(15-16-30)28(34)35/h3-14,17,19,32H,15-16H2,1-2H3,(H,33,36)(H,34,35). The van der Waals surface area contributed by atoms with E-state index in [1.54, 1.807) is 13.0 Å². The van der Waals surface area contributed by atoms with E-state index in [4.69, 9.17) is 16.3 Å². The highest BCUT2D eigenvalue weighted by Crippen LogP contribution is 2.48. The summed E-state index contributed by atoms with van der Waals surface area (Å²) < 4.78 is 5.58. The first-order chi connectivity index (χ1) is 17.8. The van der Waals surface area contributed by atoms with Crippen LogP contribution in [0.2, 0.25) is 5.02 Å². The van der Waals surface area contributed by atoms with Crippen LogP contribution in [0.1, 0.15) is 42.7 Å². The van der Waals surface area contributed by atoms with Crippen molar-refractivity contribution < 1.29 is 19.4 Å². The monoisotopic (exact) mass is 514 g/mol. The number of aryl methyl sites for hydroxylation is 1. The van der Waals surface area contributed by atoms with Gasteiger partial charge in [0.1, 0.15) is 6.10 Å². The predicted octanol–water partition coefficient (Wildman–Crippen LogP) is 7.74. The fourth-order valence-corrected chi connectivity index (χ4v) is 4.94. The van der Waals surface area contributed by atoms with Gasteiger partial charge in [-0.1, -0.05) is 78.3 Å². The van der Waals surface area contributed by atoms with E-state index in [1.807, 2.05) is 79.9 Å². The average Bonchev–Trinajstić information content (AvgIpc) is 3.64. The molecule has 1 saturated carbocycles. The molecule has 1 heterocycles. The lowest BCUT2D eigenvalue weighted by Gasteiger charge is -2.16. The third kappa shape index (κ3) is 4.85. The van der Waals surface area contributed by atoms with Gasteiger partial charge >= 0.3 is 12.1 Å². The number of hydrogen-bond acceptors (Lipinski definition) is 3. The molecule has 4 aromatic rings. The molecule has 188 valence electrons. The molecule has 37 heavy (non-hydrogen) atoms. The van der Waals surface area contributed by atoms with Gasteiger partial charge in [0, 0.05) is 28.0 Å². The molecule has 0 saturated heterocycles. The average molecular weight is 515 g/mol. The van der Waals surface area contributed by atoms with Gasteiger partial charge in [0.15, 0.2) is 0 Å². The summed E-state index contributed by atoms with van der Waals surface area (Å²) in [5.74, 6) is -0.752. The Morgan fingerprint density at radius 3 is 2.16 bits per heavy atom. The van der Waals surface area contributed by atoms with E-state index >= 15 is 0 Å². The normalized spacial score (nSPS) is 14.6. The number of H-pyrrole nitrogens is 1. The van der Waals surface area contributed by atoms with Gasteiger partial charge in [-0.2, -0.15) is 0 Å². The zero-order chi connectivity index (χ0) is 26.2. The van der Waals surface area contributed by atoms with Crippen molar-refractivity contribution in [2.24, 2.45) is 0 Å². The summed E-state index contributed by atoms with van der Waals surface area (Å²) in [6.45, 7) is 3.67. The lowest BCUT2D eigenvalue weighted by atomic mass is 9.93. The van der Waals surface area contributed by atoms with E-state index in [2.05, 4.69) is 10.3 Å². The van der Waals surface area contributed by atoms with Crippen LogP contribution in [0.4, 0.5) is 10.5 Å². The summed E-state index contributed by atoms with van der Waals surface area (Å²) in [7, 11) is 0. The molecule has 0 spiro atoms. The van der Waals surface area contributed by atoms with Gasteiger partial charge in [0.25, 0.3) is 0 Å². The number of carboxylic acid groups (broad SMARTS) is 1. The first kappa shape index (κ1) is 24.7. The van der Waals surface area contributed by atoms with Gasteiger partial charge in [-0.3, -0.25) is 10.1 Å². The third-order valence-corrected chi connectivity index (χ3v) is 7.40. The molecule has 1 aliphatic carbocycles. The topological polar surface area (TPSA) is 91.4 Å². The number of halogens is 1. The highest BCUT2D eigenvalue weighted by atomic mass is 35.5. The van der Waals surface area contributed by atoms with Crippen molar-refractivity contribution >= 4 is 29.4 Å². The molecular formula is C30H27ClN2O4. The molecule has 5 rings (SSSR count). The molecule has 0 bridgehead atoms. The second-order valence-corrected chi connectivity index (χ2v) is 9.85. The summed E-state index contributed by atoms with van der Waals surface area (Å²) in [6.07, 6.45) is 2.16. The minimum absolute atomic E-state index is 0.507. The number of aromatic nitrogens is 1. The maximum atomic E-state index is 12.7. The SMILES string of the molecule is Cc1[nH]cc(-c2ccc(-c3ccc(C4(C(=O)O)CC4)cc3)cc2)c1NC(=O)OC(C)c1ccccc1Cl. The zero-order valence-electron chi connectivity index (χ0n) is 20.5. The van der Waals surface area contributed by atoms with Gasteiger partial charge in [-0.15, -0.1) is 0 Å². The van der Waals surface area contributed by atoms with Gasteiger partial charge < -0.3 is 14.8 Å². The Bertz CT molecular complexity index is 1450. The van der Waals surface area contributed by atoms with Crippen LogP contribution in [0, 0.1) is 6.92 Å². The Kier molecular flexibility index (Phi) is 6.52. The van der Waals surface area contributed by atoms with Crippen LogP contribution in [-0.4, -0.2) is 22.2 Å². The fourth-order valence-electron chi connectivity index (χ4n) is 4.65. The number of aliphatic carboxylic acids is 1. The highest BCUT2D eigenvalue weighted by Gasteiger charge is 2.51. The van der Waals surface area contributed by atoms with Crippen molar-refractivity contribution in [3.63, 3.8) is 0 Å². The Morgan fingerprint density at radius 2 is 1.57 bits per heavy atom. The molecule has 1 aliphatic rings. The number of amides is 1. The molecule has 1 amide bonds. The molecule has 1 unspecified atom stereocenters. The molecule has 1 atom stereocenters. The number of benzene rings is 3. The lowest BCUT2D eigenvalue weighted by Crippen LogP contribution is -2.19. The summed E-state index contributed by atoms with van der Waals surface area (Å²) in [5, 5.41) is 12.9. The van der Waals surface area contributed by atoms with E-state index in [9.17, 15) is 14.7 Å². The van der Waals surface area contributed by atoms with E-state index < -0.39 is 23.6 Å². The minimum atomic E-state index is -0.752. The molecular weight excluding hydrogens is 488 g/mol.